The molecule has 0 bridgehead atoms. The first-order valence-corrected chi connectivity index (χ1v) is 5.03. The topological polar surface area (TPSA) is 55.1 Å². The Hall–Kier alpha value is -0.570. The van der Waals surface area contributed by atoms with Crippen molar-refractivity contribution in [3.05, 3.63) is 0 Å². The second-order valence-electron chi connectivity index (χ2n) is 4.03. The van der Waals surface area contributed by atoms with Gasteiger partial charge in [-0.3, -0.25) is 4.79 Å². The number of carbonyl (C=O) groups excluding carboxylic acids is 1. The van der Waals surface area contributed by atoms with Crippen LogP contribution in [0.1, 0.15) is 46.5 Å². The van der Waals surface area contributed by atoms with Crippen LogP contribution < -0.4 is 11.1 Å². The fourth-order valence-electron chi connectivity index (χ4n) is 0.958. The van der Waals surface area contributed by atoms with Crippen LogP contribution in [-0.2, 0) is 4.79 Å². The summed E-state index contributed by atoms with van der Waals surface area (Å²) in [6.07, 6.45) is 3.37. The third-order valence-electron chi connectivity index (χ3n) is 2.22. The standard InChI is InChI=1S/C10H22N2O/c1-4-10(2,3)12-9(13)7-5-6-8-11/h4-8,11H2,1-3H3,(H,12,13). The first kappa shape index (κ1) is 12.4. The van der Waals surface area contributed by atoms with Crippen molar-refractivity contribution in [3.63, 3.8) is 0 Å². The molecule has 3 N–H and O–H groups in total. The minimum atomic E-state index is -0.0696. The molecule has 0 aromatic rings. The van der Waals surface area contributed by atoms with Crippen molar-refractivity contribution in [2.75, 3.05) is 6.54 Å². The fraction of sp³-hybridized carbons (Fsp3) is 0.900. The van der Waals surface area contributed by atoms with E-state index in [1.165, 1.54) is 0 Å². The zero-order valence-corrected chi connectivity index (χ0v) is 9.02. The van der Waals surface area contributed by atoms with Gasteiger partial charge in [0.05, 0.1) is 0 Å². The molecule has 0 spiro atoms. The predicted molar refractivity (Wildman–Crippen MR) is 55.4 cm³/mol. The van der Waals surface area contributed by atoms with Gasteiger partial charge in [0.1, 0.15) is 0 Å². The van der Waals surface area contributed by atoms with Gasteiger partial charge in [0.2, 0.25) is 5.91 Å². The maximum absolute atomic E-state index is 11.3. The van der Waals surface area contributed by atoms with E-state index in [2.05, 4.69) is 12.2 Å². The Morgan fingerprint density at radius 3 is 2.46 bits per heavy atom. The molecule has 0 aromatic heterocycles. The Bertz CT molecular complexity index is 155. The van der Waals surface area contributed by atoms with Gasteiger partial charge in [-0.1, -0.05) is 6.92 Å². The monoisotopic (exact) mass is 186 g/mol. The number of nitrogens with one attached hydrogen (secondary N) is 1. The van der Waals surface area contributed by atoms with E-state index in [1.54, 1.807) is 0 Å². The second kappa shape index (κ2) is 5.97. The average Bonchev–Trinajstić information content (AvgIpc) is 2.04. The van der Waals surface area contributed by atoms with Gasteiger partial charge in [0.25, 0.3) is 0 Å². The Morgan fingerprint density at radius 1 is 1.38 bits per heavy atom. The molecule has 0 aliphatic carbocycles. The first-order chi connectivity index (χ1) is 6.02. The number of hydrogen-bond acceptors (Lipinski definition) is 2. The molecule has 0 aliphatic heterocycles. The zero-order chi connectivity index (χ0) is 10.3. The summed E-state index contributed by atoms with van der Waals surface area (Å²) in [5.74, 6) is 0.139. The number of nitrogens with two attached hydrogens (primary N) is 1. The van der Waals surface area contributed by atoms with Gasteiger partial charge in [0.15, 0.2) is 0 Å². The molecular weight excluding hydrogens is 164 g/mol. The van der Waals surface area contributed by atoms with Crippen molar-refractivity contribution >= 4 is 5.91 Å². The summed E-state index contributed by atoms with van der Waals surface area (Å²) in [6.45, 7) is 6.81. The highest BCUT2D eigenvalue weighted by molar-refractivity contribution is 5.76. The van der Waals surface area contributed by atoms with E-state index in [9.17, 15) is 4.79 Å². The van der Waals surface area contributed by atoms with Gasteiger partial charge in [0, 0.05) is 12.0 Å². The van der Waals surface area contributed by atoms with Gasteiger partial charge in [-0.15, -0.1) is 0 Å². The highest BCUT2D eigenvalue weighted by atomic mass is 16.1. The third-order valence-corrected chi connectivity index (χ3v) is 2.22. The zero-order valence-electron chi connectivity index (χ0n) is 9.02. The molecule has 0 heterocycles. The normalized spacial score (nSPS) is 11.4. The van der Waals surface area contributed by atoms with Crippen molar-refractivity contribution < 1.29 is 4.79 Å². The Labute approximate surface area is 81.1 Å². The maximum atomic E-state index is 11.3. The minimum Gasteiger partial charge on any atom is -0.351 e. The molecular formula is C10H22N2O. The SMILES string of the molecule is CCC(C)(C)NC(=O)CCCCN. The average molecular weight is 186 g/mol. The van der Waals surface area contributed by atoms with Gasteiger partial charge in [-0.05, 0) is 39.7 Å². The van der Waals surface area contributed by atoms with Crippen LogP contribution in [-0.4, -0.2) is 18.0 Å². The van der Waals surface area contributed by atoms with E-state index in [4.69, 9.17) is 5.73 Å². The number of amides is 1. The Kier molecular flexibility index (Phi) is 5.71. The van der Waals surface area contributed by atoms with Crippen LogP contribution in [0.4, 0.5) is 0 Å². The lowest BCUT2D eigenvalue weighted by Gasteiger charge is -2.24. The summed E-state index contributed by atoms with van der Waals surface area (Å²) in [5.41, 5.74) is 5.27. The molecule has 0 unspecified atom stereocenters. The van der Waals surface area contributed by atoms with Crippen molar-refractivity contribution in [2.45, 2.75) is 52.0 Å². The largest absolute Gasteiger partial charge is 0.351 e. The molecule has 0 rings (SSSR count). The third kappa shape index (κ3) is 6.58. The van der Waals surface area contributed by atoms with Gasteiger partial charge < -0.3 is 11.1 Å². The molecule has 0 fully saturated rings. The summed E-state index contributed by atoms with van der Waals surface area (Å²) < 4.78 is 0. The summed E-state index contributed by atoms with van der Waals surface area (Å²) in [6, 6.07) is 0. The fourth-order valence-corrected chi connectivity index (χ4v) is 0.958. The summed E-state index contributed by atoms with van der Waals surface area (Å²) in [7, 11) is 0. The van der Waals surface area contributed by atoms with E-state index >= 15 is 0 Å². The molecule has 78 valence electrons. The molecule has 13 heavy (non-hydrogen) atoms. The van der Waals surface area contributed by atoms with E-state index in [0.29, 0.717) is 13.0 Å². The summed E-state index contributed by atoms with van der Waals surface area (Å²) in [5, 5.41) is 2.99. The molecule has 3 nitrogen and oxygen atoms in total. The number of unbranched alkanes of at least 4 members (excludes halogenated alkanes) is 1. The molecule has 0 aliphatic rings. The molecule has 0 saturated carbocycles. The van der Waals surface area contributed by atoms with Crippen LogP contribution >= 0.6 is 0 Å². The smallest absolute Gasteiger partial charge is 0.220 e. The van der Waals surface area contributed by atoms with E-state index in [-0.39, 0.29) is 11.4 Å². The van der Waals surface area contributed by atoms with Crippen LogP contribution in [0, 0.1) is 0 Å². The molecule has 0 aromatic carbocycles. The Morgan fingerprint density at radius 2 is 2.00 bits per heavy atom. The van der Waals surface area contributed by atoms with Crippen LogP contribution in [0.15, 0.2) is 0 Å². The highest BCUT2D eigenvalue weighted by Crippen LogP contribution is 2.07. The molecule has 0 atom stereocenters. The first-order valence-electron chi connectivity index (χ1n) is 5.03. The quantitative estimate of drug-likeness (QED) is 0.616. The van der Waals surface area contributed by atoms with E-state index in [0.717, 1.165) is 19.3 Å². The lowest BCUT2D eigenvalue weighted by atomic mass is 10.0. The van der Waals surface area contributed by atoms with Crippen LogP contribution in [0.2, 0.25) is 0 Å². The van der Waals surface area contributed by atoms with Crippen molar-refractivity contribution in [1.29, 1.82) is 0 Å². The van der Waals surface area contributed by atoms with Gasteiger partial charge in [-0.2, -0.15) is 0 Å². The number of rotatable bonds is 6. The van der Waals surface area contributed by atoms with Gasteiger partial charge in [-0.25, -0.2) is 0 Å². The van der Waals surface area contributed by atoms with Gasteiger partial charge >= 0.3 is 0 Å². The predicted octanol–water partition coefficient (Wildman–Crippen LogP) is 1.42. The molecule has 0 radical (unpaired) electrons. The van der Waals surface area contributed by atoms with E-state index < -0.39 is 0 Å². The van der Waals surface area contributed by atoms with Crippen molar-refractivity contribution in [1.82, 2.24) is 5.32 Å². The summed E-state index contributed by atoms with van der Waals surface area (Å²) >= 11 is 0. The molecule has 0 saturated heterocycles. The maximum Gasteiger partial charge on any atom is 0.220 e. The lowest BCUT2D eigenvalue weighted by molar-refractivity contribution is -0.122. The molecule has 3 heteroatoms. The van der Waals surface area contributed by atoms with Crippen LogP contribution in [0.3, 0.4) is 0 Å². The van der Waals surface area contributed by atoms with Crippen molar-refractivity contribution in [3.8, 4) is 0 Å². The second-order valence-corrected chi connectivity index (χ2v) is 4.03. The number of carbonyl (C=O) groups is 1. The number of hydrogen-bond donors (Lipinski definition) is 2. The lowest BCUT2D eigenvalue weighted by Crippen LogP contribution is -2.42. The van der Waals surface area contributed by atoms with Crippen LogP contribution in [0.5, 0.6) is 0 Å². The Balaban J connectivity index is 3.62. The minimum absolute atomic E-state index is 0.0696. The van der Waals surface area contributed by atoms with Crippen molar-refractivity contribution in [2.24, 2.45) is 5.73 Å². The molecule has 1 amide bonds. The highest BCUT2D eigenvalue weighted by Gasteiger charge is 2.16. The summed E-state index contributed by atoms with van der Waals surface area (Å²) in [4.78, 5) is 11.3. The van der Waals surface area contributed by atoms with E-state index in [1.807, 2.05) is 13.8 Å². The van der Waals surface area contributed by atoms with Crippen LogP contribution in [0.25, 0.3) is 0 Å².